The Hall–Kier alpha value is -2.76. The summed E-state index contributed by atoms with van der Waals surface area (Å²) >= 11 is 0. The number of benzene rings is 1. The van der Waals surface area contributed by atoms with Crippen LogP contribution in [-0.4, -0.2) is 43.9 Å². The first kappa shape index (κ1) is 16.1. The molecule has 6 nitrogen and oxygen atoms in total. The molecule has 1 amide bonds. The largest absolute Gasteiger partial charge is 0.341 e. The van der Waals surface area contributed by atoms with Crippen molar-refractivity contribution in [3.05, 3.63) is 53.9 Å². The lowest BCUT2D eigenvalue weighted by Crippen LogP contribution is -2.39. The zero-order valence-electron chi connectivity index (χ0n) is 14.2. The minimum atomic E-state index is -0.0172. The summed E-state index contributed by atoms with van der Waals surface area (Å²) in [7, 11) is 1.81. The molecule has 2 heterocycles. The van der Waals surface area contributed by atoms with E-state index in [1.54, 1.807) is 11.1 Å². The van der Waals surface area contributed by atoms with E-state index < -0.39 is 0 Å². The summed E-state index contributed by atoms with van der Waals surface area (Å²) in [6.45, 7) is 4.20. The fourth-order valence-electron chi connectivity index (χ4n) is 2.60. The van der Waals surface area contributed by atoms with Crippen LogP contribution < -0.4 is 0 Å². The number of fused-ring (bicyclic) bond motifs is 1. The van der Waals surface area contributed by atoms with E-state index in [0.717, 1.165) is 28.7 Å². The molecule has 24 heavy (non-hydrogen) atoms. The van der Waals surface area contributed by atoms with Crippen LogP contribution in [-0.2, 0) is 17.8 Å². The molecule has 0 saturated carbocycles. The van der Waals surface area contributed by atoms with Crippen LogP contribution in [0.1, 0.15) is 18.2 Å². The molecule has 124 valence electrons. The highest BCUT2D eigenvalue weighted by atomic mass is 16.2. The summed E-state index contributed by atoms with van der Waals surface area (Å²) in [5.41, 5.74) is 3.76. The minimum Gasteiger partial charge on any atom is -0.341 e. The van der Waals surface area contributed by atoms with E-state index >= 15 is 0 Å². The van der Waals surface area contributed by atoms with Crippen molar-refractivity contribution >= 4 is 16.9 Å². The van der Waals surface area contributed by atoms with Gasteiger partial charge in [-0.15, -0.1) is 0 Å². The summed E-state index contributed by atoms with van der Waals surface area (Å²) in [5, 5.41) is 8.68. The summed E-state index contributed by atoms with van der Waals surface area (Å²) in [6, 6.07) is 11.6. The highest BCUT2D eigenvalue weighted by molar-refractivity contribution is 5.77. The summed E-state index contributed by atoms with van der Waals surface area (Å²) < 4.78 is 0. The third-order valence-electron chi connectivity index (χ3n) is 4.27. The number of amides is 1. The zero-order chi connectivity index (χ0) is 17.1. The summed E-state index contributed by atoms with van der Waals surface area (Å²) in [4.78, 5) is 20.1. The lowest BCUT2D eigenvalue weighted by molar-refractivity contribution is -0.132. The van der Waals surface area contributed by atoms with Gasteiger partial charge in [-0.2, -0.15) is 15.0 Å². The van der Waals surface area contributed by atoms with E-state index in [2.05, 4.69) is 15.2 Å². The van der Waals surface area contributed by atoms with Gasteiger partial charge in [0.25, 0.3) is 0 Å². The first-order valence-electron chi connectivity index (χ1n) is 8.00. The van der Waals surface area contributed by atoms with E-state index in [1.807, 2.05) is 57.3 Å². The quantitative estimate of drug-likeness (QED) is 0.722. The Morgan fingerprint density at radius 1 is 1.17 bits per heavy atom. The molecule has 3 rings (SSSR count). The molecule has 0 spiro atoms. The lowest BCUT2D eigenvalue weighted by atomic mass is 10.1. The van der Waals surface area contributed by atoms with Crippen LogP contribution in [0.5, 0.6) is 0 Å². The van der Waals surface area contributed by atoms with E-state index in [0.29, 0.717) is 0 Å². The van der Waals surface area contributed by atoms with Gasteiger partial charge >= 0.3 is 0 Å². The molecule has 0 aliphatic heterocycles. The molecular weight excluding hydrogens is 302 g/mol. The van der Waals surface area contributed by atoms with Crippen LogP contribution >= 0.6 is 0 Å². The number of hydrogen-bond acceptors (Lipinski definition) is 4. The smallest absolute Gasteiger partial charge is 0.246 e. The van der Waals surface area contributed by atoms with Crippen LogP contribution in [0, 0.1) is 6.92 Å². The molecule has 0 N–H and O–H groups in total. The van der Waals surface area contributed by atoms with Crippen molar-refractivity contribution in [1.29, 1.82) is 0 Å². The van der Waals surface area contributed by atoms with Gasteiger partial charge in [-0.05, 0) is 37.6 Å². The molecule has 1 unspecified atom stereocenters. The first-order chi connectivity index (χ1) is 11.5. The number of rotatable bonds is 5. The Bertz CT molecular complexity index is 824. The second kappa shape index (κ2) is 6.78. The number of carbonyl (C=O) groups excluding carboxylic acids is 1. The number of carbonyl (C=O) groups is 1. The van der Waals surface area contributed by atoms with Gasteiger partial charge in [-0.1, -0.05) is 18.2 Å². The molecule has 1 aromatic carbocycles. The number of pyridine rings is 1. The number of aryl methyl sites for hydroxylation is 1. The molecule has 2 aromatic heterocycles. The molecular formula is C18H21N5O. The SMILES string of the molecule is Cc1cccnc1CC(C)N(C)C(=O)Cn1nc2ccccc2n1. The number of hydrogen-bond donors (Lipinski definition) is 0. The van der Waals surface area contributed by atoms with Crippen molar-refractivity contribution in [3.8, 4) is 0 Å². The molecule has 3 aromatic rings. The van der Waals surface area contributed by atoms with Gasteiger partial charge in [-0.25, -0.2) is 0 Å². The number of aromatic nitrogens is 4. The summed E-state index contributed by atoms with van der Waals surface area (Å²) in [5.74, 6) is -0.0172. The van der Waals surface area contributed by atoms with Crippen molar-refractivity contribution in [2.75, 3.05) is 7.05 Å². The fraction of sp³-hybridized carbons (Fsp3) is 0.333. The predicted molar refractivity (Wildman–Crippen MR) is 92.4 cm³/mol. The van der Waals surface area contributed by atoms with Crippen LogP contribution in [0.15, 0.2) is 42.6 Å². The van der Waals surface area contributed by atoms with Crippen molar-refractivity contribution in [1.82, 2.24) is 24.9 Å². The van der Waals surface area contributed by atoms with Gasteiger partial charge < -0.3 is 4.90 Å². The van der Waals surface area contributed by atoms with E-state index in [1.165, 1.54) is 4.80 Å². The third kappa shape index (κ3) is 3.42. The molecule has 1 atom stereocenters. The Morgan fingerprint density at radius 3 is 2.46 bits per heavy atom. The maximum atomic E-state index is 12.5. The van der Waals surface area contributed by atoms with Gasteiger partial charge in [0, 0.05) is 31.4 Å². The fourth-order valence-corrected chi connectivity index (χ4v) is 2.60. The Kier molecular flexibility index (Phi) is 4.55. The standard InChI is InChI=1S/C18H21N5O/c1-13-7-6-10-19-17(13)11-14(2)22(3)18(24)12-23-20-15-8-4-5-9-16(15)21-23/h4-10,14H,11-12H2,1-3H3. The van der Waals surface area contributed by atoms with Gasteiger partial charge in [-0.3, -0.25) is 9.78 Å². The Morgan fingerprint density at radius 2 is 1.83 bits per heavy atom. The van der Waals surface area contributed by atoms with E-state index in [4.69, 9.17) is 0 Å². The molecule has 0 fully saturated rings. The highest BCUT2D eigenvalue weighted by Crippen LogP contribution is 2.11. The normalized spacial score (nSPS) is 12.3. The molecule has 0 aliphatic carbocycles. The van der Waals surface area contributed by atoms with Crippen LogP contribution in [0.2, 0.25) is 0 Å². The van der Waals surface area contributed by atoms with Gasteiger partial charge in [0.05, 0.1) is 0 Å². The van der Waals surface area contributed by atoms with Crippen molar-refractivity contribution in [2.45, 2.75) is 32.9 Å². The lowest BCUT2D eigenvalue weighted by Gasteiger charge is -2.25. The maximum absolute atomic E-state index is 12.5. The molecule has 6 heteroatoms. The first-order valence-corrected chi connectivity index (χ1v) is 8.00. The van der Waals surface area contributed by atoms with Crippen LogP contribution in [0.25, 0.3) is 11.0 Å². The Labute approximate surface area is 141 Å². The third-order valence-corrected chi connectivity index (χ3v) is 4.27. The van der Waals surface area contributed by atoms with Gasteiger partial charge in [0.15, 0.2) is 0 Å². The number of nitrogens with zero attached hydrogens (tertiary/aromatic N) is 5. The van der Waals surface area contributed by atoms with E-state index in [-0.39, 0.29) is 18.5 Å². The maximum Gasteiger partial charge on any atom is 0.246 e. The second-order valence-corrected chi connectivity index (χ2v) is 6.04. The van der Waals surface area contributed by atoms with Crippen LogP contribution in [0.3, 0.4) is 0 Å². The van der Waals surface area contributed by atoms with Crippen molar-refractivity contribution < 1.29 is 4.79 Å². The van der Waals surface area contributed by atoms with Gasteiger partial charge in [0.2, 0.25) is 5.91 Å². The van der Waals surface area contributed by atoms with E-state index in [9.17, 15) is 4.79 Å². The monoisotopic (exact) mass is 323 g/mol. The predicted octanol–water partition coefficient (Wildman–Crippen LogP) is 2.22. The Balaban J connectivity index is 1.66. The second-order valence-electron chi connectivity index (χ2n) is 6.04. The van der Waals surface area contributed by atoms with Crippen molar-refractivity contribution in [2.24, 2.45) is 0 Å². The van der Waals surface area contributed by atoms with Crippen LogP contribution in [0.4, 0.5) is 0 Å². The zero-order valence-corrected chi connectivity index (χ0v) is 14.2. The van der Waals surface area contributed by atoms with Gasteiger partial charge in [0.1, 0.15) is 17.6 Å². The topological polar surface area (TPSA) is 63.9 Å². The average molecular weight is 323 g/mol. The summed E-state index contributed by atoms with van der Waals surface area (Å²) in [6.07, 6.45) is 2.51. The number of likely N-dealkylation sites (N-methyl/N-ethyl adjacent to an activating group) is 1. The molecule has 0 saturated heterocycles. The minimum absolute atomic E-state index is 0.0172. The molecule has 0 bridgehead atoms. The molecule has 0 radical (unpaired) electrons. The van der Waals surface area contributed by atoms with Crippen molar-refractivity contribution in [3.63, 3.8) is 0 Å². The molecule has 0 aliphatic rings. The highest BCUT2D eigenvalue weighted by Gasteiger charge is 2.18. The average Bonchev–Trinajstić information content (AvgIpc) is 2.98.